The number of pyridine rings is 1. The normalized spacial score (nSPS) is 10.0. The van der Waals surface area contributed by atoms with Crippen LogP contribution in [-0.4, -0.2) is 16.9 Å². The van der Waals surface area contributed by atoms with Crippen LogP contribution in [0.4, 0.5) is 0 Å². The monoisotopic (exact) mass is 372 g/mol. The van der Waals surface area contributed by atoms with Gasteiger partial charge < -0.3 is 9.47 Å². The molecule has 3 rings (SSSR count). The van der Waals surface area contributed by atoms with E-state index in [0.717, 1.165) is 12.0 Å². The summed E-state index contributed by atoms with van der Waals surface area (Å²) in [5.74, 6) is -1.54. The summed E-state index contributed by atoms with van der Waals surface area (Å²) >= 11 is 0. The van der Waals surface area contributed by atoms with Crippen molar-refractivity contribution in [1.82, 2.24) is 4.98 Å². The standard InChI is InChI=1S/C22H16N2O4/c1-2-15-7-6-10-17(13-15)22(26)28-20-18(14-23)11-12-19(24-20)27-21(25)16-8-4-3-5-9-16/h3-13H,2H2,1H3. The second-order valence-electron chi connectivity index (χ2n) is 5.81. The van der Waals surface area contributed by atoms with Gasteiger partial charge >= 0.3 is 11.9 Å². The molecule has 138 valence electrons. The van der Waals surface area contributed by atoms with Gasteiger partial charge in [0.05, 0.1) is 11.1 Å². The van der Waals surface area contributed by atoms with E-state index in [1.165, 1.54) is 12.1 Å². The van der Waals surface area contributed by atoms with Gasteiger partial charge in [0.15, 0.2) is 0 Å². The van der Waals surface area contributed by atoms with Gasteiger partial charge in [-0.15, -0.1) is 0 Å². The van der Waals surface area contributed by atoms with E-state index in [-0.39, 0.29) is 17.3 Å². The molecule has 0 saturated heterocycles. The van der Waals surface area contributed by atoms with Crippen molar-refractivity contribution in [3.8, 4) is 17.8 Å². The van der Waals surface area contributed by atoms with Crippen molar-refractivity contribution in [3.63, 3.8) is 0 Å². The lowest BCUT2D eigenvalue weighted by Gasteiger charge is -2.08. The van der Waals surface area contributed by atoms with Crippen molar-refractivity contribution in [2.24, 2.45) is 0 Å². The van der Waals surface area contributed by atoms with Crippen molar-refractivity contribution in [3.05, 3.63) is 89.0 Å². The van der Waals surface area contributed by atoms with Crippen LogP contribution in [-0.2, 0) is 6.42 Å². The number of aromatic nitrogens is 1. The molecule has 0 bridgehead atoms. The number of esters is 2. The molecular formula is C22H16N2O4. The zero-order chi connectivity index (χ0) is 19.9. The molecular weight excluding hydrogens is 356 g/mol. The highest BCUT2D eigenvalue weighted by Gasteiger charge is 2.16. The molecule has 0 saturated carbocycles. The molecule has 6 heteroatoms. The lowest BCUT2D eigenvalue weighted by molar-refractivity contribution is 0.0717. The van der Waals surface area contributed by atoms with Gasteiger partial charge in [0.1, 0.15) is 11.6 Å². The number of hydrogen-bond acceptors (Lipinski definition) is 6. The number of nitriles is 1. The van der Waals surface area contributed by atoms with Crippen LogP contribution in [0.5, 0.6) is 11.8 Å². The molecule has 2 aromatic carbocycles. The number of carbonyl (C=O) groups excluding carboxylic acids is 2. The summed E-state index contributed by atoms with van der Waals surface area (Å²) in [6.07, 6.45) is 0.772. The fourth-order valence-electron chi connectivity index (χ4n) is 2.44. The highest BCUT2D eigenvalue weighted by atomic mass is 16.6. The Labute approximate surface area is 162 Å². The second kappa shape index (κ2) is 8.60. The third-order valence-electron chi connectivity index (χ3n) is 3.92. The first-order valence-electron chi connectivity index (χ1n) is 8.60. The summed E-state index contributed by atoms with van der Waals surface area (Å²) < 4.78 is 10.5. The van der Waals surface area contributed by atoms with Gasteiger partial charge in [-0.3, -0.25) is 0 Å². The average molecular weight is 372 g/mol. The van der Waals surface area contributed by atoms with Crippen LogP contribution in [0.15, 0.2) is 66.7 Å². The van der Waals surface area contributed by atoms with Gasteiger partial charge in [0, 0.05) is 6.07 Å². The van der Waals surface area contributed by atoms with Crippen LogP contribution >= 0.6 is 0 Å². The van der Waals surface area contributed by atoms with Crippen LogP contribution in [0.2, 0.25) is 0 Å². The van der Waals surface area contributed by atoms with Crippen LogP contribution in [0.3, 0.4) is 0 Å². The molecule has 0 atom stereocenters. The van der Waals surface area contributed by atoms with Crippen molar-refractivity contribution >= 4 is 11.9 Å². The maximum absolute atomic E-state index is 12.4. The Morgan fingerprint density at radius 2 is 1.64 bits per heavy atom. The molecule has 28 heavy (non-hydrogen) atoms. The summed E-state index contributed by atoms with van der Waals surface area (Å²) in [5, 5.41) is 9.25. The van der Waals surface area contributed by atoms with Crippen molar-refractivity contribution in [1.29, 1.82) is 5.26 Å². The maximum Gasteiger partial charge on any atom is 0.344 e. The SMILES string of the molecule is CCc1cccc(C(=O)Oc2nc(OC(=O)c3ccccc3)ccc2C#N)c1. The largest absolute Gasteiger partial charge is 0.404 e. The van der Waals surface area contributed by atoms with Gasteiger partial charge in [0.2, 0.25) is 11.8 Å². The van der Waals surface area contributed by atoms with E-state index in [1.807, 2.05) is 19.1 Å². The van der Waals surface area contributed by atoms with E-state index in [4.69, 9.17) is 9.47 Å². The first kappa shape index (κ1) is 18.8. The Morgan fingerprint density at radius 3 is 2.36 bits per heavy atom. The Morgan fingerprint density at radius 1 is 0.929 bits per heavy atom. The number of hydrogen-bond donors (Lipinski definition) is 0. The number of rotatable bonds is 5. The van der Waals surface area contributed by atoms with Crippen molar-refractivity contribution < 1.29 is 19.1 Å². The van der Waals surface area contributed by atoms with E-state index in [9.17, 15) is 14.9 Å². The molecule has 0 aliphatic rings. The molecule has 0 aliphatic heterocycles. The predicted molar refractivity (Wildman–Crippen MR) is 101 cm³/mol. The Balaban J connectivity index is 1.82. The van der Waals surface area contributed by atoms with E-state index >= 15 is 0 Å². The molecule has 0 radical (unpaired) electrons. The summed E-state index contributed by atoms with van der Waals surface area (Å²) in [6, 6.07) is 20.1. The molecule has 1 aromatic heterocycles. The van der Waals surface area contributed by atoms with Crippen LogP contribution in [0.1, 0.15) is 38.8 Å². The minimum atomic E-state index is -0.647. The van der Waals surface area contributed by atoms with Crippen LogP contribution in [0, 0.1) is 11.3 Å². The topological polar surface area (TPSA) is 89.3 Å². The molecule has 0 amide bonds. The first-order chi connectivity index (χ1) is 13.6. The van der Waals surface area contributed by atoms with Gasteiger partial charge in [-0.25, -0.2) is 9.59 Å². The lowest BCUT2D eigenvalue weighted by atomic mass is 10.1. The number of aryl methyl sites for hydroxylation is 1. The highest BCUT2D eigenvalue weighted by molar-refractivity contribution is 5.92. The fraction of sp³-hybridized carbons (Fsp3) is 0.0909. The quantitative estimate of drug-likeness (QED) is 0.630. The molecule has 0 fully saturated rings. The number of benzene rings is 2. The zero-order valence-electron chi connectivity index (χ0n) is 15.1. The van der Waals surface area contributed by atoms with Crippen molar-refractivity contribution in [2.45, 2.75) is 13.3 Å². The fourth-order valence-corrected chi connectivity index (χ4v) is 2.44. The second-order valence-corrected chi connectivity index (χ2v) is 5.81. The predicted octanol–water partition coefficient (Wildman–Crippen LogP) is 3.95. The zero-order valence-corrected chi connectivity index (χ0v) is 15.1. The molecule has 1 heterocycles. The van der Waals surface area contributed by atoms with Gasteiger partial charge in [0.25, 0.3) is 0 Å². The minimum Gasteiger partial charge on any atom is -0.404 e. The lowest BCUT2D eigenvalue weighted by Crippen LogP contribution is -2.13. The maximum atomic E-state index is 12.4. The van der Waals surface area contributed by atoms with Gasteiger partial charge in [-0.05, 0) is 42.3 Å². The number of nitrogens with zero attached hydrogens (tertiary/aromatic N) is 2. The van der Waals surface area contributed by atoms with E-state index < -0.39 is 11.9 Å². The van der Waals surface area contributed by atoms with Crippen LogP contribution < -0.4 is 9.47 Å². The average Bonchev–Trinajstić information content (AvgIpc) is 2.74. The summed E-state index contributed by atoms with van der Waals surface area (Å²) in [7, 11) is 0. The molecule has 3 aromatic rings. The summed E-state index contributed by atoms with van der Waals surface area (Å²) in [4.78, 5) is 28.6. The van der Waals surface area contributed by atoms with E-state index in [2.05, 4.69) is 4.98 Å². The molecule has 0 N–H and O–H groups in total. The number of carbonyl (C=O) groups is 2. The minimum absolute atomic E-state index is 0.0551. The van der Waals surface area contributed by atoms with E-state index in [1.54, 1.807) is 48.5 Å². The third kappa shape index (κ3) is 4.40. The molecule has 0 spiro atoms. The van der Waals surface area contributed by atoms with E-state index in [0.29, 0.717) is 11.1 Å². The third-order valence-corrected chi connectivity index (χ3v) is 3.92. The van der Waals surface area contributed by atoms with Crippen LogP contribution in [0.25, 0.3) is 0 Å². The highest BCUT2D eigenvalue weighted by Crippen LogP contribution is 2.21. The first-order valence-corrected chi connectivity index (χ1v) is 8.60. The molecule has 6 nitrogen and oxygen atoms in total. The number of ether oxygens (including phenoxy) is 2. The smallest absolute Gasteiger partial charge is 0.344 e. The Kier molecular flexibility index (Phi) is 5.78. The summed E-state index contributed by atoms with van der Waals surface area (Å²) in [5.41, 5.74) is 1.73. The van der Waals surface area contributed by atoms with Crippen molar-refractivity contribution in [2.75, 3.05) is 0 Å². The molecule has 0 unspecified atom stereocenters. The molecule has 0 aliphatic carbocycles. The summed E-state index contributed by atoms with van der Waals surface area (Å²) in [6.45, 7) is 1.98. The van der Waals surface area contributed by atoms with Gasteiger partial charge in [-0.1, -0.05) is 37.3 Å². The van der Waals surface area contributed by atoms with Gasteiger partial charge in [-0.2, -0.15) is 10.2 Å². The Hall–Kier alpha value is -3.98. The Bertz CT molecular complexity index is 1060.